The lowest BCUT2D eigenvalue weighted by Crippen LogP contribution is -2.43. The van der Waals surface area contributed by atoms with Crippen LogP contribution in [0.15, 0.2) is 38.0 Å². The summed E-state index contributed by atoms with van der Waals surface area (Å²) in [7, 11) is 0. The predicted molar refractivity (Wildman–Crippen MR) is 151 cm³/mol. The highest BCUT2D eigenvalue weighted by Gasteiger charge is 2.37. The van der Waals surface area contributed by atoms with Crippen molar-refractivity contribution in [1.82, 2.24) is 0 Å². The van der Waals surface area contributed by atoms with Gasteiger partial charge in [0.15, 0.2) is 0 Å². The van der Waals surface area contributed by atoms with E-state index >= 15 is 0 Å². The van der Waals surface area contributed by atoms with Gasteiger partial charge < -0.3 is 18.9 Å². The van der Waals surface area contributed by atoms with E-state index in [4.69, 9.17) is 18.9 Å². The standard InChI is InChI=1S/C29H46O8S/c1-5-9-10-11-12-13-14-15-16-17-19-38-20-18-28(33)37-24-29(21-34-25(30)6-2,22-35-26(31)7-3)23-36-27(32)8-4/h6-8H,2-5,9-24H2,1H3. The monoisotopic (exact) mass is 554 g/mol. The number of carbonyl (C=O) groups excluding carboxylic acids is 4. The van der Waals surface area contributed by atoms with E-state index in [-0.39, 0.29) is 32.8 Å². The summed E-state index contributed by atoms with van der Waals surface area (Å²) < 4.78 is 20.8. The van der Waals surface area contributed by atoms with Crippen LogP contribution in [0.2, 0.25) is 0 Å². The summed E-state index contributed by atoms with van der Waals surface area (Å²) in [5.74, 6) is -1.03. The molecule has 216 valence electrons. The number of ether oxygens (including phenoxy) is 4. The molecule has 0 saturated heterocycles. The molecule has 38 heavy (non-hydrogen) atoms. The van der Waals surface area contributed by atoms with Crippen molar-refractivity contribution in [2.45, 2.75) is 77.6 Å². The molecule has 0 bridgehead atoms. The molecular formula is C29H46O8S. The summed E-state index contributed by atoms with van der Waals surface area (Å²) in [5.41, 5.74) is -1.31. The van der Waals surface area contributed by atoms with Crippen LogP contribution in [0, 0.1) is 5.41 Å². The maximum atomic E-state index is 12.4. The van der Waals surface area contributed by atoms with Crippen molar-refractivity contribution in [3.05, 3.63) is 38.0 Å². The lowest BCUT2D eigenvalue weighted by molar-refractivity contribution is -0.165. The Morgan fingerprint density at radius 2 is 1.00 bits per heavy atom. The first-order valence-electron chi connectivity index (χ1n) is 13.4. The highest BCUT2D eigenvalue weighted by atomic mass is 32.2. The second kappa shape index (κ2) is 23.6. The Balaban J connectivity index is 4.52. The molecular weight excluding hydrogens is 508 g/mol. The van der Waals surface area contributed by atoms with E-state index in [0.717, 1.165) is 30.4 Å². The third kappa shape index (κ3) is 19.5. The third-order valence-corrected chi connectivity index (χ3v) is 6.76. The number of carbonyl (C=O) groups is 4. The molecule has 0 atom stereocenters. The van der Waals surface area contributed by atoms with Crippen LogP contribution in [0.4, 0.5) is 0 Å². The molecule has 0 aliphatic rings. The summed E-state index contributed by atoms with van der Waals surface area (Å²) in [5, 5.41) is 0. The molecule has 0 aromatic heterocycles. The number of esters is 4. The average molecular weight is 555 g/mol. The Morgan fingerprint density at radius 1 is 0.605 bits per heavy atom. The smallest absolute Gasteiger partial charge is 0.330 e. The summed E-state index contributed by atoms with van der Waals surface area (Å²) in [6.45, 7) is 10.9. The fourth-order valence-electron chi connectivity index (χ4n) is 3.35. The van der Waals surface area contributed by atoms with Crippen LogP contribution in [0.5, 0.6) is 0 Å². The van der Waals surface area contributed by atoms with Crippen molar-refractivity contribution in [1.29, 1.82) is 0 Å². The average Bonchev–Trinajstić information content (AvgIpc) is 2.93. The molecule has 0 aromatic carbocycles. The van der Waals surface area contributed by atoms with E-state index < -0.39 is 29.3 Å². The van der Waals surface area contributed by atoms with Crippen LogP contribution in [-0.2, 0) is 38.1 Å². The molecule has 0 radical (unpaired) electrons. The van der Waals surface area contributed by atoms with Crippen molar-refractivity contribution in [2.24, 2.45) is 5.41 Å². The highest BCUT2D eigenvalue weighted by molar-refractivity contribution is 7.99. The Morgan fingerprint density at radius 3 is 1.42 bits per heavy atom. The SMILES string of the molecule is C=CC(=O)OCC(COC(=O)C=C)(COC(=O)C=C)COC(=O)CCSCCCCCCCCCCCC. The zero-order chi connectivity index (χ0) is 28.5. The van der Waals surface area contributed by atoms with Gasteiger partial charge in [-0.15, -0.1) is 0 Å². The molecule has 0 rings (SSSR count). The second-order valence-electron chi connectivity index (χ2n) is 9.14. The normalized spacial score (nSPS) is 10.8. The Hall–Kier alpha value is -2.55. The van der Waals surface area contributed by atoms with Gasteiger partial charge in [-0.2, -0.15) is 11.8 Å². The molecule has 0 heterocycles. The van der Waals surface area contributed by atoms with Gasteiger partial charge in [0, 0.05) is 24.0 Å². The maximum absolute atomic E-state index is 12.4. The van der Waals surface area contributed by atoms with Crippen LogP contribution in [0.25, 0.3) is 0 Å². The van der Waals surface area contributed by atoms with E-state index in [1.807, 2.05) is 0 Å². The second-order valence-corrected chi connectivity index (χ2v) is 10.4. The van der Waals surface area contributed by atoms with E-state index in [1.165, 1.54) is 57.8 Å². The molecule has 0 fully saturated rings. The van der Waals surface area contributed by atoms with Gasteiger partial charge in [-0.3, -0.25) is 4.79 Å². The lowest BCUT2D eigenvalue weighted by atomic mass is 9.92. The molecule has 0 aliphatic heterocycles. The lowest BCUT2D eigenvalue weighted by Gasteiger charge is -2.31. The van der Waals surface area contributed by atoms with Gasteiger partial charge in [0.1, 0.15) is 31.8 Å². The quantitative estimate of drug-likeness (QED) is 0.0604. The summed E-state index contributed by atoms with van der Waals surface area (Å²) in [4.78, 5) is 47.3. The number of hydrogen-bond acceptors (Lipinski definition) is 9. The van der Waals surface area contributed by atoms with Crippen molar-refractivity contribution >= 4 is 35.6 Å². The largest absolute Gasteiger partial charge is 0.465 e. The highest BCUT2D eigenvalue weighted by Crippen LogP contribution is 2.22. The maximum Gasteiger partial charge on any atom is 0.330 e. The van der Waals surface area contributed by atoms with Gasteiger partial charge in [-0.25, -0.2) is 14.4 Å². The van der Waals surface area contributed by atoms with E-state index in [1.54, 1.807) is 11.8 Å². The molecule has 9 heteroatoms. The third-order valence-electron chi connectivity index (χ3n) is 5.69. The zero-order valence-corrected chi connectivity index (χ0v) is 23.9. The summed E-state index contributed by atoms with van der Waals surface area (Å²) in [6, 6.07) is 0. The Bertz CT molecular complexity index is 674. The van der Waals surface area contributed by atoms with Gasteiger partial charge in [0.25, 0.3) is 0 Å². The van der Waals surface area contributed by atoms with Gasteiger partial charge in [0.2, 0.25) is 0 Å². The number of hydrogen-bond donors (Lipinski definition) is 0. The van der Waals surface area contributed by atoms with E-state index in [9.17, 15) is 19.2 Å². The zero-order valence-electron chi connectivity index (χ0n) is 23.0. The first kappa shape index (κ1) is 35.5. The van der Waals surface area contributed by atoms with Gasteiger partial charge >= 0.3 is 23.9 Å². The number of thioether (sulfide) groups is 1. The minimum absolute atomic E-state index is 0.198. The van der Waals surface area contributed by atoms with Crippen molar-refractivity contribution in [3.63, 3.8) is 0 Å². The minimum atomic E-state index is -1.31. The van der Waals surface area contributed by atoms with Gasteiger partial charge in [-0.05, 0) is 12.2 Å². The molecule has 0 saturated carbocycles. The van der Waals surface area contributed by atoms with E-state index in [2.05, 4.69) is 26.7 Å². The van der Waals surface area contributed by atoms with E-state index in [0.29, 0.717) is 5.75 Å². The van der Waals surface area contributed by atoms with Gasteiger partial charge in [-0.1, -0.05) is 84.4 Å². The van der Waals surface area contributed by atoms with Gasteiger partial charge in [0.05, 0.1) is 6.42 Å². The molecule has 8 nitrogen and oxygen atoms in total. The molecule has 0 aromatic rings. The molecule has 0 N–H and O–H groups in total. The van der Waals surface area contributed by atoms with Crippen LogP contribution >= 0.6 is 11.8 Å². The predicted octanol–water partition coefficient (Wildman–Crippen LogP) is 5.75. The molecule has 0 amide bonds. The summed E-state index contributed by atoms with van der Waals surface area (Å²) in [6.07, 6.45) is 15.9. The van der Waals surface area contributed by atoms with Crippen LogP contribution in [0.3, 0.4) is 0 Å². The minimum Gasteiger partial charge on any atom is -0.465 e. The fourth-order valence-corrected chi connectivity index (χ4v) is 4.28. The van der Waals surface area contributed by atoms with Crippen LogP contribution in [0.1, 0.15) is 77.6 Å². The molecule has 0 unspecified atom stereocenters. The summed E-state index contributed by atoms with van der Waals surface area (Å²) >= 11 is 1.70. The van der Waals surface area contributed by atoms with Crippen molar-refractivity contribution in [2.75, 3.05) is 37.9 Å². The Labute approximate surface area is 232 Å². The number of unbranched alkanes of at least 4 members (excludes halogenated alkanes) is 9. The van der Waals surface area contributed by atoms with Crippen LogP contribution < -0.4 is 0 Å². The topological polar surface area (TPSA) is 105 Å². The fraction of sp³-hybridized carbons (Fsp3) is 0.655. The first-order chi connectivity index (χ1) is 18.3. The van der Waals surface area contributed by atoms with Crippen molar-refractivity contribution < 1.29 is 38.1 Å². The van der Waals surface area contributed by atoms with Crippen molar-refractivity contribution in [3.8, 4) is 0 Å². The first-order valence-corrected chi connectivity index (χ1v) is 14.6. The molecule has 0 spiro atoms. The van der Waals surface area contributed by atoms with Crippen LogP contribution in [-0.4, -0.2) is 61.8 Å². The Kier molecular flexibility index (Phi) is 22.0. The number of rotatable bonds is 25. The molecule has 0 aliphatic carbocycles.